The number of aliphatic imine (C=N–C) groups is 1. The molecule has 1 amide bonds. The highest BCUT2D eigenvalue weighted by molar-refractivity contribution is 14.0. The molecule has 0 aliphatic heterocycles. The van der Waals surface area contributed by atoms with E-state index in [1.165, 1.54) is 17.4 Å². The normalized spacial score (nSPS) is 12.1. The number of furan rings is 1. The van der Waals surface area contributed by atoms with Crippen molar-refractivity contribution in [3.8, 4) is 0 Å². The fourth-order valence-corrected chi connectivity index (χ4v) is 2.83. The third kappa shape index (κ3) is 8.47. The first-order valence-corrected chi connectivity index (χ1v) is 9.92. The van der Waals surface area contributed by atoms with Gasteiger partial charge in [-0.15, -0.1) is 24.0 Å². The van der Waals surface area contributed by atoms with Gasteiger partial charge in [0.15, 0.2) is 11.7 Å². The third-order valence-electron chi connectivity index (χ3n) is 4.48. The summed E-state index contributed by atoms with van der Waals surface area (Å²) in [5.41, 5.74) is 3.42. The first-order chi connectivity index (χ1) is 13.5. The summed E-state index contributed by atoms with van der Waals surface area (Å²) in [7, 11) is 0. The van der Waals surface area contributed by atoms with Crippen LogP contribution in [0.25, 0.3) is 0 Å². The average molecular weight is 512 g/mol. The Hall–Kier alpha value is -2.03. The Kier molecular flexibility index (Phi) is 11.4. The molecule has 1 aromatic heterocycles. The quantitative estimate of drug-likeness (QED) is 0.206. The number of amides is 1. The second-order valence-corrected chi connectivity index (χ2v) is 7.00. The highest BCUT2D eigenvalue weighted by Crippen LogP contribution is 2.16. The Morgan fingerprint density at radius 1 is 1.14 bits per heavy atom. The zero-order chi connectivity index (χ0) is 20.4. The molecule has 0 bridgehead atoms. The summed E-state index contributed by atoms with van der Waals surface area (Å²) < 4.78 is 5.19. The molecule has 3 N–H and O–H groups in total. The minimum absolute atomic E-state index is 0. The van der Waals surface area contributed by atoms with Crippen molar-refractivity contribution < 1.29 is 9.21 Å². The molecular formula is C22H33IN4O2. The first kappa shape index (κ1) is 25.0. The summed E-state index contributed by atoms with van der Waals surface area (Å²) in [6.07, 6.45) is 2.33. The van der Waals surface area contributed by atoms with Gasteiger partial charge in [-0.3, -0.25) is 9.79 Å². The topological polar surface area (TPSA) is 78.7 Å². The van der Waals surface area contributed by atoms with Gasteiger partial charge >= 0.3 is 0 Å². The lowest BCUT2D eigenvalue weighted by atomic mass is 10.00. The zero-order valence-electron chi connectivity index (χ0n) is 17.7. The Morgan fingerprint density at radius 2 is 1.90 bits per heavy atom. The Morgan fingerprint density at radius 3 is 2.55 bits per heavy atom. The molecule has 0 saturated heterocycles. The monoisotopic (exact) mass is 512 g/mol. The van der Waals surface area contributed by atoms with E-state index in [0.717, 1.165) is 31.0 Å². The molecule has 1 unspecified atom stereocenters. The first-order valence-electron chi connectivity index (χ1n) is 9.92. The number of guanidine groups is 1. The summed E-state index contributed by atoms with van der Waals surface area (Å²) in [4.78, 5) is 16.7. The van der Waals surface area contributed by atoms with E-state index in [9.17, 15) is 4.79 Å². The van der Waals surface area contributed by atoms with Crippen LogP contribution in [0.2, 0.25) is 0 Å². The van der Waals surface area contributed by atoms with Crippen LogP contribution >= 0.6 is 24.0 Å². The van der Waals surface area contributed by atoms with Gasteiger partial charge in [-0.05, 0) is 38.8 Å². The molecule has 6 nitrogen and oxygen atoms in total. The van der Waals surface area contributed by atoms with Gasteiger partial charge in [0, 0.05) is 37.7 Å². The predicted molar refractivity (Wildman–Crippen MR) is 129 cm³/mol. The molecule has 0 radical (unpaired) electrons. The van der Waals surface area contributed by atoms with Crippen LogP contribution in [-0.4, -0.2) is 38.0 Å². The molecule has 2 aromatic rings. The number of halogens is 1. The second-order valence-electron chi connectivity index (χ2n) is 7.00. The van der Waals surface area contributed by atoms with Crippen LogP contribution in [0.1, 0.15) is 53.4 Å². The summed E-state index contributed by atoms with van der Waals surface area (Å²) >= 11 is 0. The molecule has 0 aliphatic carbocycles. The fraction of sp³-hybridized carbons (Fsp3) is 0.455. The second kappa shape index (κ2) is 13.2. The van der Waals surface area contributed by atoms with Crippen LogP contribution < -0.4 is 16.0 Å². The van der Waals surface area contributed by atoms with Crippen molar-refractivity contribution in [1.82, 2.24) is 16.0 Å². The molecule has 0 fully saturated rings. The maximum Gasteiger partial charge on any atom is 0.287 e. The van der Waals surface area contributed by atoms with Gasteiger partial charge in [-0.2, -0.15) is 0 Å². The summed E-state index contributed by atoms with van der Waals surface area (Å²) in [5.74, 6) is 1.37. The van der Waals surface area contributed by atoms with Gasteiger partial charge in [-0.1, -0.05) is 36.8 Å². The molecule has 1 heterocycles. The van der Waals surface area contributed by atoms with Gasteiger partial charge in [0.2, 0.25) is 0 Å². The van der Waals surface area contributed by atoms with Crippen molar-refractivity contribution in [1.29, 1.82) is 0 Å². The third-order valence-corrected chi connectivity index (χ3v) is 4.48. The molecule has 1 aromatic carbocycles. The van der Waals surface area contributed by atoms with Crippen LogP contribution in [-0.2, 0) is 0 Å². The largest absolute Gasteiger partial charge is 0.459 e. The van der Waals surface area contributed by atoms with Crippen molar-refractivity contribution in [2.75, 3.05) is 26.2 Å². The molecule has 2 rings (SSSR count). The SMILES string of the molecule is CCNC(=NCC(C)c1cccc(C)c1)NCCCNC(=O)c1occc1C.I. The van der Waals surface area contributed by atoms with Crippen molar-refractivity contribution in [2.24, 2.45) is 4.99 Å². The lowest BCUT2D eigenvalue weighted by Gasteiger charge is -2.14. The van der Waals surface area contributed by atoms with E-state index < -0.39 is 0 Å². The smallest absolute Gasteiger partial charge is 0.287 e. The van der Waals surface area contributed by atoms with E-state index >= 15 is 0 Å². The number of benzene rings is 1. The molecule has 7 heteroatoms. The molecule has 1 atom stereocenters. The summed E-state index contributed by atoms with van der Waals surface area (Å²) in [6.45, 7) is 11.0. The number of hydrogen-bond acceptors (Lipinski definition) is 3. The molecule has 0 aliphatic rings. The average Bonchev–Trinajstić information content (AvgIpc) is 3.11. The molecule has 29 heavy (non-hydrogen) atoms. The van der Waals surface area contributed by atoms with Gasteiger partial charge in [0.25, 0.3) is 5.91 Å². The summed E-state index contributed by atoms with van der Waals surface area (Å²) in [6, 6.07) is 10.3. The van der Waals surface area contributed by atoms with Crippen LogP contribution in [0.5, 0.6) is 0 Å². The standard InChI is InChI=1S/C22H32N4O2.HI/c1-5-23-22(26-15-18(4)19-9-6-8-16(2)14-19)25-12-7-11-24-21(27)20-17(3)10-13-28-20;/h6,8-10,13-14,18H,5,7,11-12,15H2,1-4H3,(H,24,27)(H2,23,25,26);1H. The predicted octanol–water partition coefficient (Wildman–Crippen LogP) is 3.99. The van der Waals surface area contributed by atoms with Gasteiger partial charge in [0.1, 0.15) is 0 Å². The molecule has 0 saturated carbocycles. The van der Waals surface area contributed by atoms with Crippen molar-refractivity contribution >= 4 is 35.8 Å². The number of aryl methyl sites for hydroxylation is 2. The lowest BCUT2D eigenvalue weighted by molar-refractivity contribution is 0.0925. The maximum atomic E-state index is 12.0. The van der Waals surface area contributed by atoms with Gasteiger partial charge < -0.3 is 20.4 Å². The zero-order valence-corrected chi connectivity index (χ0v) is 20.1. The Bertz CT molecular complexity index is 789. The number of carbonyl (C=O) groups is 1. The van der Waals surface area contributed by atoms with Crippen LogP contribution in [0.4, 0.5) is 0 Å². The number of nitrogens with zero attached hydrogens (tertiary/aromatic N) is 1. The van der Waals surface area contributed by atoms with Gasteiger partial charge in [0.05, 0.1) is 6.26 Å². The van der Waals surface area contributed by atoms with Crippen LogP contribution in [0.3, 0.4) is 0 Å². The van der Waals surface area contributed by atoms with Gasteiger partial charge in [-0.25, -0.2) is 0 Å². The molecular weight excluding hydrogens is 479 g/mol. The van der Waals surface area contributed by atoms with E-state index in [1.54, 1.807) is 6.07 Å². The highest BCUT2D eigenvalue weighted by atomic mass is 127. The Labute approximate surface area is 191 Å². The maximum absolute atomic E-state index is 12.0. The molecule has 0 spiro atoms. The number of nitrogens with one attached hydrogen (secondary N) is 3. The number of rotatable bonds is 9. The highest BCUT2D eigenvalue weighted by Gasteiger charge is 2.11. The number of carbonyl (C=O) groups excluding carboxylic acids is 1. The van der Waals surface area contributed by atoms with E-state index in [1.807, 2.05) is 13.8 Å². The van der Waals surface area contributed by atoms with Crippen molar-refractivity contribution in [3.05, 3.63) is 59.0 Å². The Balaban J connectivity index is 0.00000420. The lowest BCUT2D eigenvalue weighted by Crippen LogP contribution is -2.39. The minimum Gasteiger partial charge on any atom is -0.459 e. The van der Waals surface area contributed by atoms with Crippen LogP contribution in [0.15, 0.2) is 46.0 Å². The summed E-state index contributed by atoms with van der Waals surface area (Å²) in [5, 5.41) is 9.47. The fourth-order valence-electron chi connectivity index (χ4n) is 2.83. The van der Waals surface area contributed by atoms with Crippen molar-refractivity contribution in [3.63, 3.8) is 0 Å². The molecule has 160 valence electrons. The minimum atomic E-state index is -0.171. The van der Waals surface area contributed by atoms with Crippen molar-refractivity contribution in [2.45, 2.75) is 40.0 Å². The van der Waals surface area contributed by atoms with Crippen LogP contribution in [0, 0.1) is 13.8 Å². The number of hydrogen-bond donors (Lipinski definition) is 3. The van der Waals surface area contributed by atoms with E-state index in [2.05, 4.69) is 54.1 Å². The van der Waals surface area contributed by atoms with E-state index in [4.69, 9.17) is 9.41 Å². The van der Waals surface area contributed by atoms with E-state index in [-0.39, 0.29) is 29.9 Å². The van der Waals surface area contributed by atoms with E-state index in [0.29, 0.717) is 24.8 Å².